The molecule has 0 saturated heterocycles. The molecule has 1 aromatic carbocycles. The van der Waals surface area contributed by atoms with Crippen LogP contribution in [0, 0.1) is 19.3 Å². The summed E-state index contributed by atoms with van der Waals surface area (Å²) < 4.78 is 4.65. The largest absolute Gasteiger partial charge is 0.305 e. The van der Waals surface area contributed by atoms with Crippen LogP contribution < -0.4 is 4.80 Å². The fourth-order valence-electron chi connectivity index (χ4n) is 2.56. The van der Waals surface area contributed by atoms with Crippen LogP contribution in [0.15, 0.2) is 35.3 Å². The van der Waals surface area contributed by atoms with Gasteiger partial charge in [0.2, 0.25) is 0 Å². The van der Waals surface area contributed by atoms with Crippen molar-refractivity contribution in [2.45, 2.75) is 33.4 Å². The molecule has 6 heteroatoms. The summed E-state index contributed by atoms with van der Waals surface area (Å²) in [5, 5.41) is 4.37. The number of terminal acetylenes is 1. The molecule has 5 nitrogen and oxygen atoms in total. The number of carbonyl (C=O) groups excluding carboxylic acids is 1. The van der Waals surface area contributed by atoms with E-state index in [1.165, 1.54) is 11.3 Å². The third-order valence-corrected chi connectivity index (χ3v) is 4.66. The maximum atomic E-state index is 12.7. The predicted molar refractivity (Wildman–Crippen MR) is 95.9 cm³/mol. The summed E-state index contributed by atoms with van der Waals surface area (Å²) in [6.07, 6.45) is 5.48. The zero-order valence-corrected chi connectivity index (χ0v) is 14.7. The highest BCUT2D eigenvalue weighted by Gasteiger charge is 2.16. The average molecular weight is 338 g/mol. The molecule has 0 aliphatic carbocycles. The lowest BCUT2D eigenvalue weighted by molar-refractivity contribution is 0.0986. The zero-order valence-electron chi connectivity index (χ0n) is 13.9. The summed E-state index contributed by atoms with van der Waals surface area (Å²) in [5.41, 5.74) is 2.28. The highest BCUT2D eigenvalue weighted by atomic mass is 32.1. The fourth-order valence-corrected chi connectivity index (χ4v) is 3.59. The van der Waals surface area contributed by atoms with Gasteiger partial charge in [0.25, 0.3) is 5.91 Å². The molecule has 122 valence electrons. The molecular formula is C18H18N4OS. The molecule has 2 heterocycles. The Morgan fingerprint density at radius 3 is 2.88 bits per heavy atom. The Balaban J connectivity index is 2.15. The van der Waals surface area contributed by atoms with Crippen molar-refractivity contribution in [3.05, 3.63) is 46.5 Å². The third-order valence-electron chi connectivity index (χ3n) is 3.60. The van der Waals surface area contributed by atoms with Crippen LogP contribution in [0.25, 0.3) is 10.2 Å². The summed E-state index contributed by atoms with van der Waals surface area (Å²) in [6, 6.07) is 9.75. The van der Waals surface area contributed by atoms with E-state index in [0.29, 0.717) is 17.0 Å². The van der Waals surface area contributed by atoms with Crippen molar-refractivity contribution in [1.82, 2.24) is 14.3 Å². The molecule has 0 bridgehead atoms. The second kappa shape index (κ2) is 6.46. The Kier molecular flexibility index (Phi) is 4.36. The zero-order chi connectivity index (χ0) is 17.3. The van der Waals surface area contributed by atoms with Gasteiger partial charge in [0.05, 0.1) is 22.5 Å². The number of hydrogen-bond acceptors (Lipinski definition) is 3. The number of benzene rings is 1. The smallest absolute Gasteiger partial charge is 0.297 e. The minimum Gasteiger partial charge on any atom is -0.305 e. The summed E-state index contributed by atoms with van der Waals surface area (Å²) >= 11 is 1.46. The lowest BCUT2D eigenvalue weighted by Crippen LogP contribution is -2.18. The number of rotatable bonds is 3. The lowest BCUT2D eigenvalue weighted by atomic mass is 10.3. The summed E-state index contributed by atoms with van der Waals surface area (Å²) in [4.78, 5) is 17.6. The first-order chi connectivity index (χ1) is 11.5. The van der Waals surface area contributed by atoms with Gasteiger partial charge in [-0.3, -0.25) is 9.48 Å². The Morgan fingerprint density at radius 2 is 2.17 bits per heavy atom. The summed E-state index contributed by atoms with van der Waals surface area (Å²) in [7, 11) is 0. The Morgan fingerprint density at radius 1 is 1.42 bits per heavy atom. The van der Waals surface area contributed by atoms with E-state index in [1.54, 1.807) is 10.7 Å². The maximum absolute atomic E-state index is 12.7. The van der Waals surface area contributed by atoms with Crippen molar-refractivity contribution < 1.29 is 4.79 Å². The second-order valence-electron chi connectivity index (χ2n) is 5.77. The van der Waals surface area contributed by atoms with E-state index in [9.17, 15) is 4.79 Å². The molecule has 0 unspecified atom stereocenters. The van der Waals surface area contributed by atoms with E-state index < -0.39 is 0 Å². The maximum Gasteiger partial charge on any atom is 0.297 e. The monoisotopic (exact) mass is 338 g/mol. The highest BCUT2D eigenvalue weighted by Crippen LogP contribution is 2.17. The van der Waals surface area contributed by atoms with E-state index in [1.807, 2.05) is 49.6 Å². The van der Waals surface area contributed by atoms with Gasteiger partial charge in [-0.15, -0.1) is 6.42 Å². The second-order valence-corrected chi connectivity index (χ2v) is 6.78. The van der Waals surface area contributed by atoms with Gasteiger partial charge >= 0.3 is 0 Å². The first kappa shape index (κ1) is 16.2. The van der Waals surface area contributed by atoms with Crippen molar-refractivity contribution in [1.29, 1.82) is 0 Å². The predicted octanol–water partition coefficient (Wildman–Crippen LogP) is 3.16. The van der Waals surface area contributed by atoms with Crippen LogP contribution in [0.4, 0.5) is 0 Å². The van der Waals surface area contributed by atoms with Crippen molar-refractivity contribution in [3.63, 3.8) is 0 Å². The molecule has 3 rings (SSSR count). The number of para-hydroxylation sites is 1. The number of aromatic nitrogens is 3. The fraction of sp³-hybridized carbons (Fsp3) is 0.278. The molecule has 1 amide bonds. The van der Waals surface area contributed by atoms with Crippen LogP contribution in [-0.2, 0) is 6.54 Å². The topological polar surface area (TPSA) is 52.2 Å². The van der Waals surface area contributed by atoms with Crippen LogP contribution in [0.3, 0.4) is 0 Å². The molecule has 0 N–H and O–H groups in total. The van der Waals surface area contributed by atoms with Crippen LogP contribution >= 0.6 is 11.3 Å². The number of amides is 1. The molecule has 0 aliphatic rings. The quantitative estimate of drug-likeness (QED) is 0.689. The van der Waals surface area contributed by atoms with Gasteiger partial charge in [-0.05, 0) is 39.0 Å². The average Bonchev–Trinajstić information content (AvgIpc) is 3.09. The minimum atomic E-state index is -0.304. The molecule has 0 fully saturated rings. The van der Waals surface area contributed by atoms with Crippen molar-refractivity contribution in [2.75, 3.05) is 0 Å². The Bertz CT molecular complexity index is 1010. The van der Waals surface area contributed by atoms with Gasteiger partial charge in [0.1, 0.15) is 5.69 Å². The number of nitrogens with zero attached hydrogens (tertiary/aromatic N) is 4. The highest BCUT2D eigenvalue weighted by molar-refractivity contribution is 7.16. The van der Waals surface area contributed by atoms with Crippen molar-refractivity contribution in [2.24, 2.45) is 4.99 Å². The van der Waals surface area contributed by atoms with Gasteiger partial charge in [-0.25, -0.2) is 0 Å². The van der Waals surface area contributed by atoms with Gasteiger partial charge in [-0.2, -0.15) is 10.1 Å². The van der Waals surface area contributed by atoms with E-state index in [4.69, 9.17) is 6.42 Å². The van der Waals surface area contributed by atoms with Crippen LogP contribution in [0.5, 0.6) is 0 Å². The molecule has 0 saturated carbocycles. The van der Waals surface area contributed by atoms with Gasteiger partial charge in [0.15, 0.2) is 4.80 Å². The minimum absolute atomic E-state index is 0.0908. The van der Waals surface area contributed by atoms with E-state index in [-0.39, 0.29) is 11.9 Å². The van der Waals surface area contributed by atoms with Crippen LogP contribution in [0.1, 0.15) is 36.1 Å². The molecule has 0 atom stereocenters. The molecule has 3 aromatic rings. The van der Waals surface area contributed by atoms with Gasteiger partial charge < -0.3 is 4.57 Å². The van der Waals surface area contributed by atoms with E-state index in [0.717, 1.165) is 15.9 Å². The Hall–Kier alpha value is -2.65. The van der Waals surface area contributed by atoms with Crippen molar-refractivity contribution >= 4 is 27.5 Å². The summed E-state index contributed by atoms with van der Waals surface area (Å²) in [5.74, 6) is 2.33. The van der Waals surface area contributed by atoms with E-state index >= 15 is 0 Å². The molecule has 0 radical (unpaired) electrons. The first-order valence-electron chi connectivity index (χ1n) is 7.68. The van der Waals surface area contributed by atoms with Gasteiger partial charge in [-0.1, -0.05) is 29.4 Å². The van der Waals surface area contributed by atoms with Gasteiger partial charge in [0, 0.05) is 6.04 Å². The van der Waals surface area contributed by atoms with Crippen LogP contribution in [-0.4, -0.2) is 20.3 Å². The number of hydrogen-bond donors (Lipinski definition) is 0. The van der Waals surface area contributed by atoms with E-state index in [2.05, 4.69) is 16.0 Å². The Labute approximate surface area is 144 Å². The van der Waals surface area contributed by atoms with Crippen LogP contribution in [0.2, 0.25) is 0 Å². The third kappa shape index (κ3) is 2.91. The number of thiazole rings is 1. The standard InChI is InChI=1S/C18H18N4OS/c1-5-10-21-14-8-6-7-9-16(14)24-18(21)19-17(23)15-11-13(4)20-22(15)12(2)3/h1,6-9,11-12H,10H2,2-4H3. The molecule has 0 spiro atoms. The molecule has 0 aliphatic heterocycles. The molecule has 2 aromatic heterocycles. The number of fused-ring (bicyclic) bond motifs is 1. The number of carbonyl (C=O) groups is 1. The summed E-state index contributed by atoms with van der Waals surface area (Å²) in [6.45, 7) is 6.22. The lowest BCUT2D eigenvalue weighted by Gasteiger charge is -2.07. The normalized spacial score (nSPS) is 12.0. The molecule has 24 heavy (non-hydrogen) atoms. The SMILES string of the molecule is C#CCn1c(=NC(=O)c2cc(C)nn2C(C)C)sc2ccccc21. The van der Waals surface area contributed by atoms with Crippen molar-refractivity contribution in [3.8, 4) is 12.3 Å². The number of aryl methyl sites for hydroxylation is 1. The molecular weight excluding hydrogens is 320 g/mol. The first-order valence-corrected chi connectivity index (χ1v) is 8.50.